The summed E-state index contributed by atoms with van der Waals surface area (Å²) in [7, 11) is 0. The monoisotopic (exact) mass is 208 g/mol. The highest BCUT2D eigenvalue weighted by molar-refractivity contribution is 5.91. The number of hydrogen-bond acceptors (Lipinski definition) is 2. The van der Waals surface area contributed by atoms with E-state index in [1.165, 1.54) is 32.1 Å². The highest BCUT2D eigenvalue weighted by Gasteiger charge is 2.30. The van der Waals surface area contributed by atoms with Crippen molar-refractivity contribution in [3.05, 3.63) is 0 Å². The Morgan fingerprint density at radius 1 is 1.40 bits per heavy atom. The number of amides is 1. The molecule has 1 aliphatic carbocycles. The summed E-state index contributed by atoms with van der Waals surface area (Å²) in [6, 6.07) is 1.59. The normalized spacial score (nSPS) is 18.2. The smallest absolute Gasteiger partial charge is 0.322 e. The van der Waals surface area contributed by atoms with E-state index in [2.05, 4.69) is 19.2 Å². The van der Waals surface area contributed by atoms with E-state index in [0.29, 0.717) is 12.5 Å². The lowest BCUT2D eigenvalue weighted by atomic mass is 9.71. The van der Waals surface area contributed by atoms with Crippen LogP contribution in [0.2, 0.25) is 0 Å². The maximum atomic E-state index is 10.9. The average Bonchev–Trinajstić information content (AvgIpc) is 2.27. The molecule has 0 radical (unpaired) electrons. The summed E-state index contributed by atoms with van der Waals surface area (Å²) >= 11 is 0. The fraction of sp³-hybridized carbons (Fsp3) is 0.833. The molecular weight excluding hydrogens is 188 g/mol. The summed E-state index contributed by atoms with van der Waals surface area (Å²) in [5.74, 6) is 0.170. The third-order valence-corrected chi connectivity index (χ3v) is 3.52. The van der Waals surface area contributed by atoms with E-state index in [1.807, 2.05) is 0 Å². The molecule has 1 rings (SSSR count). The van der Waals surface area contributed by atoms with Crippen molar-refractivity contribution in [2.45, 2.75) is 46.0 Å². The summed E-state index contributed by atoms with van der Waals surface area (Å²) in [4.78, 5) is 10.9. The second-order valence-corrected chi connectivity index (χ2v) is 5.12. The van der Waals surface area contributed by atoms with E-state index in [1.54, 1.807) is 6.07 Å². The predicted molar refractivity (Wildman–Crippen MR) is 59.0 cm³/mol. The highest BCUT2D eigenvalue weighted by atomic mass is 16.1. The fourth-order valence-corrected chi connectivity index (χ4v) is 2.38. The zero-order valence-electron chi connectivity index (χ0n) is 9.68. The maximum absolute atomic E-state index is 10.9. The lowest BCUT2D eigenvalue weighted by Gasteiger charge is -2.36. The van der Waals surface area contributed by atoms with E-state index >= 15 is 0 Å². The number of nitriles is 1. The van der Waals surface area contributed by atoms with Crippen LogP contribution in [0.1, 0.15) is 46.0 Å². The van der Waals surface area contributed by atoms with Gasteiger partial charge in [0.25, 0.3) is 0 Å². The van der Waals surface area contributed by atoms with Crippen molar-refractivity contribution in [3.63, 3.8) is 0 Å². The molecule has 0 aromatic heterocycles. The molecule has 1 saturated carbocycles. The number of hydrogen-bond donors (Lipinski definition) is 1. The Bertz CT molecular complexity index is 259. The first-order chi connectivity index (χ1) is 7.06. The molecular formula is C12H20N2O. The molecule has 1 aliphatic rings. The Morgan fingerprint density at radius 3 is 2.53 bits per heavy atom. The van der Waals surface area contributed by atoms with E-state index < -0.39 is 5.91 Å². The van der Waals surface area contributed by atoms with E-state index in [0.717, 1.165) is 0 Å². The molecule has 3 heteroatoms. The molecule has 0 bridgehead atoms. The molecule has 0 spiro atoms. The van der Waals surface area contributed by atoms with Crippen molar-refractivity contribution in [2.75, 3.05) is 6.54 Å². The number of carbonyl (C=O) groups is 1. The van der Waals surface area contributed by atoms with Gasteiger partial charge in [-0.2, -0.15) is 5.26 Å². The molecule has 0 aromatic carbocycles. The molecule has 0 unspecified atom stereocenters. The fourth-order valence-electron chi connectivity index (χ4n) is 2.38. The van der Waals surface area contributed by atoms with Gasteiger partial charge in [-0.3, -0.25) is 4.79 Å². The summed E-state index contributed by atoms with van der Waals surface area (Å²) in [6.45, 7) is 4.98. The van der Waals surface area contributed by atoms with Gasteiger partial charge < -0.3 is 5.32 Å². The standard InChI is InChI=1S/C12H20N2O/c1-12(2,9-14-11(15)8-13)10-6-4-3-5-7-10/h10H,3-7,9H2,1-2H3,(H,14,15). The van der Waals surface area contributed by atoms with Gasteiger partial charge in [0.2, 0.25) is 0 Å². The topological polar surface area (TPSA) is 52.9 Å². The third kappa shape index (κ3) is 3.54. The van der Waals surface area contributed by atoms with Gasteiger partial charge in [0, 0.05) is 6.54 Å². The van der Waals surface area contributed by atoms with Gasteiger partial charge in [0.05, 0.1) is 0 Å². The summed E-state index contributed by atoms with van der Waals surface area (Å²) in [5, 5.41) is 11.0. The van der Waals surface area contributed by atoms with Crippen molar-refractivity contribution >= 4 is 5.91 Å². The highest BCUT2D eigenvalue weighted by Crippen LogP contribution is 2.37. The lowest BCUT2D eigenvalue weighted by molar-refractivity contribution is -0.116. The van der Waals surface area contributed by atoms with Crippen LogP contribution in [0.5, 0.6) is 0 Å². The molecule has 0 saturated heterocycles. The second kappa shape index (κ2) is 5.16. The van der Waals surface area contributed by atoms with Crippen molar-refractivity contribution in [2.24, 2.45) is 11.3 Å². The van der Waals surface area contributed by atoms with E-state index in [4.69, 9.17) is 5.26 Å². The summed E-state index contributed by atoms with van der Waals surface area (Å²) in [5.41, 5.74) is 0.118. The molecule has 0 atom stereocenters. The molecule has 84 valence electrons. The first-order valence-corrected chi connectivity index (χ1v) is 5.74. The minimum absolute atomic E-state index is 0.118. The quantitative estimate of drug-likeness (QED) is 0.723. The summed E-state index contributed by atoms with van der Waals surface area (Å²) in [6.07, 6.45) is 6.47. The number of nitrogens with one attached hydrogen (secondary N) is 1. The van der Waals surface area contributed by atoms with Gasteiger partial charge in [-0.25, -0.2) is 0 Å². The number of nitrogens with zero attached hydrogens (tertiary/aromatic N) is 1. The van der Waals surface area contributed by atoms with Gasteiger partial charge >= 0.3 is 5.91 Å². The average molecular weight is 208 g/mol. The first kappa shape index (κ1) is 12.0. The van der Waals surface area contributed by atoms with Crippen LogP contribution in [0.3, 0.4) is 0 Å². The zero-order valence-corrected chi connectivity index (χ0v) is 9.68. The van der Waals surface area contributed by atoms with Crippen molar-refractivity contribution in [1.82, 2.24) is 5.32 Å². The van der Waals surface area contributed by atoms with Crippen LogP contribution in [-0.2, 0) is 4.79 Å². The van der Waals surface area contributed by atoms with Gasteiger partial charge in [-0.1, -0.05) is 33.1 Å². The molecule has 1 fully saturated rings. The minimum Gasteiger partial charge on any atom is -0.343 e. The van der Waals surface area contributed by atoms with Gasteiger partial charge in [0.15, 0.2) is 6.07 Å². The minimum atomic E-state index is -0.515. The zero-order chi connectivity index (χ0) is 11.3. The molecule has 0 heterocycles. The largest absolute Gasteiger partial charge is 0.343 e. The van der Waals surface area contributed by atoms with Crippen molar-refractivity contribution in [1.29, 1.82) is 5.26 Å². The van der Waals surface area contributed by atoms with E-state index in [-0.39, 0.29) is 5.41 Å². The second-order valence-electron chi connectivity index (χ2n) is 5.12. The Balaban J connectivity index is 2.43. The van der Waals surface area contributed by atoms with Gasteiger partial charge in [-0.15, -0.1) is 0 Å². The van der Waals surface area contributed by atoms with Crippen LogP contribution in [0, 0.1) is 22.7 Å². The molecule has 15 heavy (non-hydrogen) atoms. The Labute approximate surface area is 91.9 Å². The number of carbonyl (C=O) groups excluding carboxylic acids is 1. The van der Waals surface area contributed by atoms with Crippen LogP contribution in [0.15, 0.2) is 0 Å². The van der Waals surface area contributed by atoms with Crippen LogP contribution in [0.4, 0.5) is 0 Å². The Kier molecular flexibility index (Phi) is 4.14. The van der Waals surface area contributed by atoms with Crippen molar-refractivity contribution in [3.8, 4) is 6.07 Å². The molecule has 0 aliphatic heterocycles. The molecule has 1 amide bonds. The lowest BCUT2D eigenvalue weighted by Crippen LogP contribution is -2.38. The third-order valence-electron chi connectivity index (χ3n) is 3.52. The number of rotatable bonds is 3. The van der Waals surface area contributed by atoms with Crippen molar-refractivity contribution < 1.29 is 4.79 Å². The summed E-state index contributed by atoms with van der Waals surface area (Å²) < 4.78 is 0. The van der Waals surface area contributed by atoms with Crippen LogP contribution < -0.4 is 5.32 Å². The maximum Gasteiger partial charge on any atom is 0.322 e. The SMILES string of the molecule is CC(C)(CNC(=O)C#N)C1CCCCC1. The Morgan fingerprint density at radius 2 is 2.00 bits per heavy atom. The first-order valence-electron chi connectivity index (χ1n) is 5.74. The van der Waals surface area contributed by atoms with Gasteiger partial charge in [-0.05, 0) is 24.2 Å². The molecule has 0 aromatic rings. The molecule has 1 N–H and O–H groups in total. The Hall–Kier alpha value is -1.04. The van der Waals surface area contributed by atoms with Crippen LogP contribution in [-0.4, -0.2) is 12.5 Å². The van der Waals surface area contributed by atoms with Gasteiger partial charge in [0.1, 0.15) is 0 Å². The van der Waals surface area contributed by atoms with Crippen LogP contribution >= 0.6 is 0 Å². The predicted octanol–water partition coefficient (Wildman–Crippen LogP) is 2.23. The van der Waals surface area contributed by atoms with Crippen LogP contribution in [0.25, 0.3) is 0 Å². The van der Waals surface area contributed by atoms with E-state index in [9.17, 15) is 4.79 Å². The molecule has 3 nitrogen and oxygen atoms in total.